The molecule has 0 spiro atoms. The number of carbonyl (C=O) groups is 1. The molecule has 22 heavy (non-hydrogen) atoms. The number of benzene rings is 1. The quantitative estimate of drug-likeness (QED) is 0.902. The third kappa shape index (κ3) is 3.17. The average molecular weight is 293 g/mol. The first-order valence-electron chi connectivity index (χ1n) is 6.89. The van der Waals surface area contributed by atoms with Crippen LogP contribution in [0.2, 0.25) is 0 Å². The Bertz CT molecular complexity index is 739. The molecule has 1 aromatic carbocycles. The van der Waals surface area contributed by atoms with Gasteiger partial charge in [0.1, 0.15) is 0 Å². The molecule has 6 heteroatoms. The number of nitrogens with zero attached hydrogens (tertiary/aromatic N) is 3. The van der Waals surface area contributed by atoms with Crippen molar-refractivity contribution in [3.8, 4) is 11.3 Å². The van der Waals surface area contributed by atoms with E-state index in [1.54, 1.807) is 6.20 Å². The maximum Gasteiger partial charge on any atom is 0.227 e. The Hall–Kier alpha value is -3.02. The predicted octanol–water partition coefficient (Wildman–Crippen LogP) is 1.70. The van der Waals surface area contributed by atoms with Crippen molar-refractivity contribution in [1.29, 1.82) is 0 Å². The lowest BCUT2D eigenvalue weighted by Crippen LogP contribution is -2.30. The monoisotopic (exact) mass is 293 g/mol. The third-order valence-electron chi connectivity index (χ3n) is 3.26. The molecule has 1 atom stereocenters. The van der Waals surface area contributed by atoms with Crippen LogP contribution in [-0.2, 0) is 4.79 Å². The molecule has 1 aromatic heterocycles. The summed E-state index contributed by atoms with van der Waals surface area (Å²) in [6.45, 7) is 0.321. The molecule has 3 rings (SSSR count). The highest BCUT2D eigenvalue weighted by Crippen LogP contribution is 2.20. The molecule has 0 radical (unpaired) electrons. The molecule has 0 saturated heterocycles. The van der Waals surface area contributed by atoms with Gasteiger partial charge in [-0.15, -0.1) is 0 Å². The van der Waals surface area contributed by atoms with Gasteiger partial charge in [0.25, 0.3) is 0 Å². The lowest BCUT2D eigenvalue weighted by molar-refractivity contribution is -0.119. The van der Waals surface area contributed by atoms with E-state index in [1.165, 1.54) is 6.21 Å². The van der Waals surface area contributed by atoms with Gasteiger partial charge in [-0.2, -0.15) is 0 Å². The number of hydrogen-bond donors (Lipinski definition) is 2. The number of guanidine groups is 1. The molecule has 2 aromatic rings. The molecule has 2 heterocycles. The lowest BCUT2D eigenvalue weighted by atomic mass is 10.1. The third-order valence-corrected chi connectivity index (χ3v) is 3.26. The van der Waals surface area contributed by atoms with E-state index in [2.05, 4.69) is 20.3 Å². The summed E-state index contributed by atoms with van der Waals surface area (Å²) in [5.74, 6) is -0.371. The number of nitrogens with one attached hydrogen (secondary N) is 1. The minimum Gasteiger partial charge on any atom is -0.369 e. The number of aliphatic imine (C=N–C) groups is 2. The summed E-state index contributed by atoms with van der Waals surface area (Å²) >= 11 is 0. The van der Waals surface area contributed by atoms with Crippen molar-refractivity contribution >= 4 is 23.8 Å². The Kier molecular flexibility index (Phi) is 3.91. The first-order valence-corrected chi connectivity index (χ1v) is 6.89. The lowest BCUT2D eigenvalue weighted by Gasteiger charge is -2.13. The van der Waals surface area contributed by atoms with Gasteiger partial charge in [0, 0.05) is 23.7 Å². The fourth-order valence-electron chi connectivity index (χ4n) is 2.09. The van der Waals surface area contributed by atoms with E-state index in [9.17, 15) is 4.79 Å². The van der Waals surface area contributed by atoms with E-state index in [1.807, 2.05) is 42.5 Å². The number of anilines is 1. The van der Waals surface area contributed by atoms with Crippen molar-refractivity contribution < 1.29 is 4.79 Å². The summed E-state index contributed by atoms with van der Waals surface area (Å²) in [6.07, 6.45) is 3.29. The van der Waals surface area contributed by atoms with Crippen LogP contribution in [0.1, 0.15) is 0 Å². The minimum absolute atomic E-state index is 0.321. The largest absolute Gasteiger partial charge is 0.369 e. The zero-order valence-corrected chi connectivity index (χ0v) is 11.8. The fourth-order valence-corrected chi connectivity index (χ4v) is 2.09. The van der Waals surface area contributed by atoms with Crippen molar-refractivity contribution in [2.75, 3.05) is 11.9 Å². The number of rotatable bonds is 3. The number of hydrogen-bond acceptors (Lipinski definition) is 5. The van der Waals surface area contributed by atoms with Crippen molar-refractivity contribution in [2.24, 2.45) is 21.6 Å². The van der Waals surface area contributed by atoms with Crippen LogP contribution >= 0.6 is 0 Å². The second kappa shape index (κ2) is 6.17. The maximum atomic E-state index is 11.1. The van der Waals surface area contributed by atoms with Crippen LogP contribution in [0.3, 0.4) is 0 Å². The molecular weight excluding hydrogens is 278 g/mol. The standard InChI is InChI=1S/C16H15N5O/c17-15(22)12-9-19-16(20-10-12)21-13-5-3-4-11(8-13)14-6-1-2-7-18-14/h1-9,12H,10H2,(H2,17,22)(H,20,21). The number of carbonyl (C=O) groups excluding carboxylic acids is 1. The van der Waals surface area contributed by atoms with Gasteiger partial charge in [0.15, 0.2) is 0 Å². The second-order valence-electron chi connectivity index (χ2n) is 4.87. The maximum absolute atomic E-state index is 11.1. The number of nitrogens with two attached hydrogens (primary N) is 1. The van der Waals surface area contributed by atoms with Crippen molar-refractivity contribution in [3.05, 3.63) is 48.7 Å². The van der Waals surface area contributed by atoms with Crippen LogP contribution in [0, 0.1) is 5.92 Å². The summed E-state index contributed by atoms with van der Waals surface area (Å²) in [5, 5.41) is 3.12. The van der Waals surface area contributed by atoms with Crippen molar-refractivity contribution in [3.63, 3.8) is 0 Å². The molecule has 6 nitrogen and oxygen atoms in total. The van der Waals surface area contributed by atoms with Gasteiger partial charge >= 0.3 is 0 Å². The highest BCUT2D eigenvalue weighted by atomic mass is 16.1. The first kappa shape index (κ1) is 13.9. The first-order chi connectivity index (χ1) is 10.7. The van der Waals surface area contributed by atoms with Crippen molar-refractivity contribution in [2.45, 2.75) is 0 Å². The molecule has 0 fully saturated rings. The highest BCUT2D eigenvalue weighted by molar-refractivity contribution is 6.04. The van der Waals surface area contributed by atoms with E-state index in [0.717, 1.165) is 16.9 Å². The summed E-state index contributed by atoms with van der Waals surface area (Å²) < 4.78 is 0. The normalized spacial score (nSPS) is 16.9. The Morgan fingerprint density at radius 3 is 2.82 bits per heavy atom. The molecular formula is C16H15N5O. The van der Waals surface area contributed by atoms with Crippen LogP contribution in [0.15, 0.2) is 58.6 Å². The number of amides is 1. The Morgan fingerprint density at radius 2 is 2.14 bits per heavy atom. The smallest absolute Gasteiger partial charge is 0.227 e. The molecule has 0 aliphatic carbocycles. The fraction of sp³-hybridized carbons (Fsp3) is 0.125. The molecule has 1 aliphatic heterocycles. The van der Waals surface area contributed by atoms with Gasteiger partial charge in [0.05, 0.1) is 18.2 Å². The van der Waals surface area contributed by atoms with E-state index in [4.69, 9.17) is 5.73 Å². The van der Waals surface area contributed by atoms with Crippen LogP contribution < -0.4 is 11.1 Å². The molecule has 1 amide bonds. The van der Waals surface area contributed by atoms with Gasteiger partial charge < -0.3 is 11.1 Å². The number of pyridine rings is 1. The molecule has 3 N–H and O–H groups in total. The van der Waals surface area contributed by atoms with Gasteiger partial charge in [-0.3, -0.25) is 9.78 Å². The van der Waals surface area contributed by atoms with E-state index < -0.39 is 11.8 Å². The second-order valence-corrected chi connectivity index (χ2v) is 4.87. The molecule has 1 aliphatic rings. The molecule has 110 valence electrons. The minimum atomic E-state index is -0.426. The SMILES string of the molecule is NC(=O)C1C=NC(Nc2cccc(-c3ccccn3)c2)=NC1. The predicted molar refractivity (Wildman–Crippen MR) is 86.8 cm³/mol. The van der Waals surface area contributed by atoms with Crippen LogP contribution in [-0.4, -0.2) is 29.6 Å². The van der Waals surface area contributed by atoms with Gasteiger partial charge in [-0.25, -0.2) is 9.98 Å². The zero-order valence-electron chi connectivity index (χ0n) is 11.8. The topological polar surface area (TPSA) is 92.7 Å². The number of primary amides is 1. The van der Waals surface area contributed by atoms with E-state index >= 15 is 0 Å². The van der Waals surface area contributed by atoms with E-state index in [-0.39, 0.29) is 0 Å². The average Bonchev–Trinajstić information content (AvgIpc) is 2.56. The number of aromatic nitrogens is 1. The Morgan fingerprint density at radius 1 is 1.23 bits per heavy atom. The van der Waals surface area contributed by atoms with Crippen molar-refractivity contribution in [1.82, 2.24) is 4.98 Å². The summed E-state index contributed by atoms with van der Waals surface area (Å²) in [6, 6.07) is 13.6. The summed E-state index contributed by atoms with van der Waals surface area (Å²) in [7, 11) is 0. The Balaban J connectivity index is 1.75. The molecule has 1 unspecified atom stereocenters. The van der Waals surface area contributed by atoms with Gasteiger partial charge in [-0.1, -0.05) is 18.2 Å². The van der Waals surface area contributed by atoms with Crippen LogP contribution in [0.5, 0.6) is 0 Å². The van der Waals surface area contributed by atoms with E-state index in [0.29, 0.717) is 12.5 Å². The zero-order chi connectivity index (χ0) is 15.4. The van der Waals surface area contributed by atoms with Gasteiger partial charge in [-0.05, 0) is 24.3 Å². The van der Waals surface area contributed by atoms with Crippen LogP contribution in [0.25, 0.3) is 11.3 Å². The molecule has 0 bridgehead atoms. The highest BCUT2D eigenvalue weighted by Gasteiger charge is 2.16. The summed E-state index contributed by atoms with van der Waals surface area (Å²) in [4.78, 5) is 23.7. The molecule has 0 saturated carbocycles. The Labute approximate surface area is 127 Å². The van der Waals surface area contributed by atoms with Gasteiger partial charge in [0.2, 0.25) is 11.9 Å². The van der Waals surface area contributed by atoms with Crippen LogP contribution in [0.4, 0.5) is 5.69 Å². The summed E-state index contributed by atoms with van der Waals surface area (Å²) in [5.41, 5.74) is 7.98.